The van der Waals surface area contributed by atoms with E-state index in [1.165, 1.54) is 6.07 Å². The summed E-state index contributed by atoms with van der Waals surface area (Å²) >= 11 is 0. The van der Waals surface area contributed by atoms with Gasteiger partial charge >= 0.3 is 12.4 Å². The average molecular weight is 271 g/mol. The second-order valence-corrected chi connectivity index (χ2v) is 3.33. The van der Waals surface area contributed by atoms with Crippen molar-refractivity contribution < 1.29 is 30.7 Å². The Labute approximate surface area is 96.4 Å². The molecule has 0 aliphatic heterocycles. The van der Waals surface area contributed by atoms with Crippen LogP contribution in [0.3, 0.4) is 0 Å². The van der Waals surface area contributed by atoms with Crippen LogP contribution in [0.25, 0.3) is 0 Å². The Morgan fingerprint density at radius 2 is 1.56 bits per heavy atom. The van der Waals surface area contributed by atoms with Gasteiger partial charge in [-0.25, -0.2) is 4.39 Å². The van der Waals surface area contributed by atoms with Crippen molar-refractivity contribution in [1.29, 1.82) is 5.26 Å². The monoisotopic (exact) mass is 271 g/mol. The lowest BCUT2D eigenvalue weighted by Crippen LogP contribution is -2.19. The molecule has 1 nitrogen and oxygen atoms in total. The Bertz CT molecular complexity index is 493. The number of nitriles is 1. The van der Waals surface area contributed by atoms with Gasteiger partial charge in [0.2, 0.25) is 0 Å². The van der Waals surface area contributed by atoms with Crippen molar-refractivity contribution in [3.8, 4) is 6.07 Å². The summed E-state index contributed by atoms with van der Waals surface area (Å²) in [5.41, 5.74) is -4.95. The first-order valence-electron chi connectivity index (χ1n) is 4.41. The Balaban J connectivity index is 3.57. The number of rotatable bonds is 1. The first-order valence-corrected chi connectivity index (χ1v) is 4.41. The SMILES string of the molecule is N#CCc1cc(F)c(C(F)(F)F)c(C(F)(F)F)c1. The number of hydrogen-bond donors (Lipinski definition) is 0. The standard InChI is InChI=1S/C10H4F7N/c11-7-4-5(1-2-18)3-6(9(12,13)14)8(7)10(15,16)17/h3-4H,1H2. The molecule has 1 rings (SSSR count). The van der Waals surface area contributed by atoms with Gasteiger partial charge in [0.25, 0.3) is 0 Å². The van der Waals surface area contributed by atoms with Crippen LogP contribution in [0, 0.1) is 17.1 Å². The first kappa shape index (κ1) is 14.3. The van der Waals surface area contributed by atoms with Crippen LogP contribution in [0.5, 0.6) is 0 Å². The van der Waals surface area contributed by atoms with Crippen LogP contribution in [0.1, 0.15) is 16.7 Å². The molecule has 0 unspecified atom stereocenters. The lowest BCUT2D eigenvalue weighted by molar-refractivity contribution is -0.163. The second kappa shape index (κ2) is 4.48. The van der Waals surface area contributed by atoms with Crippen LogP contribution < -0.4 is 0 Å². The molecule has 0 bridgehead atoms. The average Bonchev–Trinajstić information content (AvgIpc) is 2.13. The van der Waals surface area contributed by atoms with Gasteiger partial charge in [0.15, 0.2) is 0 Å². The number of nitrogens with zero attached hydrogens (tertiary/aromatic N) is 1. The van der Waals surface area contributed by atoms with E-state index in [1.54, 1.807) is 0 Å². The molecule has 18 heavy (non-hydrogen) atoms. The molecule has 0 aromatic heterocycles. The number of halogens is 7. The highest BCUT2D eigenvalue weighted by molar-refractivity contribution is 5.38. The van der Waals surface area contributed by atoms with Crippen LogP contribution in [-0.2, 0) is 18.8 Å². The lowest BCUT2D eigenvalue weighted by atomic mass is 10.0. The zero-order valence-corrected chi connectivity index (χ0v) is 8.45. The van der Waals surface area contributed by atoms with E-state index in [9.17, 15) is 30.7 Å². The van der Waals surface area contributed by atoms with Gasteiger partial charge in [-0.1, -0.05) is 0 Å². The van der Waals surface area contributed by atoms with E-state index in [0.717, 1.165) is 0 Å². The lowest BCUT2D eigenvalue weighted by Gasteiger charge is -2.17. The fourth-order valence-electron chi connectivity index (χ4n) is 1.37. The second-order valence-electron chi connectivity index (χ2n) is 3.33. The Kier molecular flexibility index (Phi) is 3.55. The Morgan fingerprint density at radius 1 is 1.00 bits per heavy atom. The molecule has 0 fully saturated rings. The van der Waals surface area contributed by atoms with Crippen LogP contribution >= 0.6 is 0 Å². The minimum Gasteiger partial charge on any atom is -0.206 e. The summed E-state index contributed by atoms with van der Waals surface area (Å²) in [4.78, 5) is 0. The smallest absolute Gasteiger partial charge is 0.206 e. The predicted octanol–water partition coefficient (Wildman–Crippen LogP) is 3.93. The third-order valence-electron chi connectivity index (χ3n) is 2.02. The van der Waals surface area contributed by atoms with E-state index < -0.39 is 41.3 Å². The summed E-state index contributed by atoms with van der Waals surface area (Å²) in [5, 5.41) is 8.26. The molecule has 0 atom stereocenters. The maximum atomic E-state index is 13.1. The molecule has 0 heterocycles. The molecule has 98 valence electrons. The number of benzene rings is 1. The molecule has 1 aromatic carbocycles. The van der Waals surface area contributed by atoms with E-state index in [0.29, 0.717) is 0 Å². The summed E-state index contributed by atoms with van der Waals surface area (Å²) in [6, 6.07) is 1.85. The highest BCUT2D eigenvalue weighted by Crippen LogP contribution is 2.42. The molecular weight excluding hydrogens is 267 g/mol. The normalized spacial score (nSPS) is 12.3. The third-order valence-corrected chi connectivity index (χ3v) is 2.02. The van der Waals surface area contributed by atoms with Gasteiger partial charge in [-0.2, -0.15) is 31.6 Å². The number of alkyl halides is 6. The summed E-state index contributed by atoms with van der Waals surface area (Å²) in [6.45, 7) is 0. The van der Waals surface area contributed by atoms with Gasteiger partial charge in [-0.15, -0.1) is 0 Å². The highest BCUT2D eigenvalue weighted by Gasteiger charge is 2.45. The summed E-state index contributed by atoms with van der Waals surface area (Å²) in [6.07, 6.45) is -11.4. The van der Waals surface area contributed by atoms with Crippen molar-refractivity contribution in [1.82, 2.24) is 0 Å². The molecule has 8 heteroatoms. The highest BCUT2D eigenvalue weighted by atomic mass is 19.4. The molecule has 0 radical (unpaired) electrons. The van der Waals surface area contributed by atoms with Crippen molar-refractivity contribution >= 4 is 0 Å². The van der Waals surface area contributed by atoms with Gasteiger partial charge in [0.1, 0.15) is 11.4 Å². The van der Waals surface area contributed by atoms with Crippen molar-refractivity contribution in [2.24, 2.45) is 0 Å². The van der Waals surface area contributed by atoms with Crippen molar-refractivity contribution in [2.45, 2.75) is 18.8 Å². The van der Waals surface area contributed by atoms with Gasteiger partial charge < -0.3 is 0 Å². The molecule has 0 saturated heterocycles. The van der Waals surface area contributed by atoms with Crippen LogP contribution in [0.4, 0.5) is 30.7 Å². The van der Waals surface area contributed by atoms with Crippen molar-refractivity contribution in [2.75, 3.05) is 0 Å². The number of hydrogen-bond acceptors (Lipinski definition) is 1. The molecule has 0 aliphatic carbocycles. The largest absolute Gasteiger partial charge is 0.419 e. The Morgan fingerprint density at radius 3 is 1.94 bits per heavy atom. The molecular formula is C10H4F7N. The third kappa shape index (κ3) is 2.91. The predicted molar refractivity (Wildman–Crippen MR) is 45.7 cm³/mol. The van der Waals surface area contributed by atoms with Gasteiger partial charge in [0, 0.05) is 0 Å². The summed E-state index contributed by atoms with van der Waals surface area (Å²) < 4.78 is 87.5. The van der Waals surface area contributed by atoms with Crippen molar-refractivity contribution in [3.05, 3.63) is 34.6 Å². The van der Waals surface area contributed by atoms with E-state index in [1.807, 2.05) is 0 Å². The van der Waals surface area contributed by atoms with Gasteiger partial charge in [0.05, 0.1) is 18.1 Å². The molecule has 0 saturated carbocycles. The van der Waals surface area contributed by atoms with E-state index in [-0.39, 0.29) is 12.1 Å². The molecule has 0 amide bonds. The fraction of sp³-hybridized carbons (Fsp3) is 0.300. The topological polar surface area (TPSA) is 23.8 Å². The van der Waals surface area contributed by atoms with Crippen LogP contribution in [0.2, 0.25) is 0 Å². The summed E-state index contributed by atoms with van der Waals surface area (Å²) in [7, 11) is 0. The van der Waals surface area contributed by atoms with Crippen molar-refractivity contribution in [3.63, 3.8) is 0 Å². The van der Waals surface area contributed by atoms with Gasteiger partial charge in [-0.3, -0.25) is 0 Å². The molecule has 0 spiro atoms. The van der Waals surface area contributed by atoms with Gasteiger partial charge in [-0.05, 0) is 17.7 Å². The minimum absolute atomic E-state index is 0.134. The van der Waals surface area contributed by atoms with E-state index >= 15 is 0 Å². The Hall–Kier alpha value is -1.78. The first-order chi connectivity index (χ1) is 8.07. The quantitative estimate of drug-likeness (QED) is 0.710. The van der Waals surface area contributed by atoms with Crippen LogP contribution in [0.15, 0.2) is 12.1 Å². The zero-order valence-electron chi connectivity index (χ0n) is 8.45. The summed E-state index contributed by atoms with van der Waals surface area (Å²) in [5.74, 6) is -2.04. The van der Waals surface area contributed by atoms with Crippen LogP contribution in [-0.4, -0.2) is 0 Å². The van der Waals surface area contributed by atoms with E-state index in [4.69, 9.17) is 5.26 Å². The molecule has 1 aromatic rings. The molecule has 0 aliphatic rings. The zero-order chi connectivity index (χ0) is 14.1. The minimum atomic E-state index is -5.46. The fourth-order valence-corrected chi connectivity index (χ4v) is 1.37. The molecule has 0 N–H and O–H groups in total. The maximum Gasteiger partial charge on any atom is 0.419 e. The van der Waals surface area contributed by atoms with E-state index in [2.05, 4.69) is 0 Å². The maximum absolute atomic E-state index is 13.1.